The van der Waals surface area contributed by atoms with Crippen molar-refractivity contribution in [3.8, 4) is 11.5 Å². The van der Waals surface area contributed by atoms with Gasteiger partial charge in [0.05, 0.1) is 17.8 Å². The topological polar surface area (TPSA) is 68.0 Å². The first-order chi connectivity index (χ1) is 13.1. The first kappa shape index (κ1) is 16.9. The van der Waals surface area contributed by atoms with Crippen LogP contribution in [0.3, 0.4) is 0 Å². The Kier molecular flexibility index (Phi) is 4.38. The van der Waals surface area contributed by atoms with E-state index in [0.29, 0.717) is 28.5 Å². The Hall–Kier alpha value is -3.54. The van der Waals surface area contributed by atoms with Crippen molar-refractivity contribution >= 4 is 22.8 Å². The highest BCUT2D eigenvalue weighted by Crippen LogP contribution is 2.26. The number of oxazole rings is 1. The highest BCUT2D eigenvalue weighted by molar-refractivity contribution is 5.94. The van der Waals surface area contributed by atoms with Crippen LogP contribution in [0.5, 0.6) is 0 Å². The molecule has 0 aliphatic heterocycles. The molecule has 0 aliphatic rings. The van der Waals surface area contributed by atoms with Gasteiger partial charge in [0.15, 0.2) is 0 Å². The van der Waals surface area contributed by atoms with Crippen molar-refractivity contribution < 1.29 is 13.6 Å². The third-order valence-corrected chi connectivity index (χ3v) is 4.15. The van der Waals surface area contributed by atoms with Crippen molar-refractivity contribution in [1.29, 1.82) is 0 Å². The molecule has 6 heteroatoms. The molecule has 2 aromatic carbocycles. The number of aryl methyl sites for hydroxylation is 1. The molecule has 2 aromatic heterocycles. The van der Waals surface area contributed by atoms with Gasteiger partial charge in [0.1, 0.15) is 11.3 Å². The van der Waals surface area contributed by atoms with Gasteiger partial charge in [-0.2, -0.15) is 0 Å². The van der Waals surface area contributed by atoms with Crippen molar-refractivity contribution in [3.63, 3.8) is 0 Å². The lowest BCUT2D eigenvalue weighted by Gasteiger charge is -2.07. The van der Waals surface area contributed by atoms with Crippen molar-refractivity contribution in [2.24, 2.45) is 0 Å². The molecule has 27 heavy (non-hydrogen) atoms. The molecule has 0 fully saturated rings. The van der Waals surface area contributed by atoms with E-state index in [1.165, 1.54) is 12.1 Å². The number of nitrogens with zero attached hydrogens (tertiary/aromatic N) is 2. The van der Waals surface area contributed by atoms with E-state index in [1.807, 2.05) is 30.3 Å². The highest BCUT2D eigenvalue weighted by atomic mass is 19.1. The van der Waals surface area contributed by atoms with Gasteiger partial charge in [0.25, 0.3) is 0 Å². The van der Waals surface area contributed by atoms with Gasteiger partial charge in [0.2, 0.25) is 17.5 Å². The van der Waals surface area contributed by atoms with Gasteiger partial charge in [-0.25, -0.2) is 14.4 Å². The largest absolute Gasteiger partial charge is 0.418 e. The van der Waals surface area contributed by atoms with Gasteiger partial charge in [-0.1, -0.05) is 30.3 Å². The summed E-state index contributed by atoms with van der Waals surface area (Å²) in [6.07, 6.45) is 0.145. The molecule has 0 saturated carbocycles. The molecule has 0 atom stereocenters. The van der Waals surface area contributed by atoms with Crippen LogP contribution in [0.25, 0.3) is 22.7 Å². The lowest BCUT2D eigenvalue weighted by Crippen LogP contribution is -2.15. The molecule has 4 rings (SSSR count). The summed E-state index contributed by atoms with van der Waals surface area (Å²) in [6, 6.07) is 17.1. The molecule has 4 aromatic rings. The molecule has 0 saturated heterocycles. The Balaban J connectivity index is 1.57. The standard InChI is InChI=1S/C21H16FN3O2/c1-13-17(24-19(26)11-14-7-9-16(22)10-8-14)12-18-21(23-13)27-20(25-18)15-5-3-2-4-6-15/h2-10,12H,11H2,1H3,(H,24,26). The van der Waals surface area contributed by atoms with E-state index in [0.717, 1.165) is 11.1 Å². The van der Waals surface area contributed by atoms with Crippen LogP contribution in [-0.4, -0.2) is 15.9 Å². The maximum atomic E-state index is 13.0. The van der Waals surface area contributed by atoms with Crippen molar-refractivity contribution in [1.82, 2.24) is 9.97 Å². The van der Waals surface area contributed by atoms with Crippen molar-refractivity contribution in [3.05, 3.63) is 77.7 Å². The third-order valence-electron chi connectivity index (χ3n) is 4.15. The van der Waals surface area contributed by atoms with Gasteiger partial charge < -0.3 is 9.73 Å². The first-order valence-corrected chi connectivity index (χ1v) is 8.46. The lowest BCUT2D eigenvalue weighted by molar-refractivity contribution is -0.115. The van der Waals surface area contributed by atoms with E-state index in [9.17, 15) is 9.18 Å². The summed E-state index contributed by atoms with van der Waals surface area (Å²) in [4.78, 5) is 21.2. The van der Waals surface area contributed by atoms with Crippen LogP contribution in [0, 0.1) is 12.7 Å². The van der Waals surface area contributed by atoms with E-state index in [-0.39, 0.29) is 18.1 Å². The monoisotopic (exact) mass is 361 g/mol. The number of aromatic nitrogens is 2. The number of hydrogen-bond donors (Lipinski definition) is 1. The summed E-state index contributed by atoms with van der Waals surface area (Å²) in [6.45, 7) is 1.79. The fourth-order valence-corrected chi connectivity index (χ4v) is 2.76. The summed E-state index contributed by atoms with van der Waals surface area (Å²) in [5.41, 5.74) is 3.77. The molecule has 134 valence electrons. The van der Waals surface area contributed by atoms with Crippen LogP contribution in [-0.2, 0) is 11.2 Å². The first-order valence-electron chi connectivity index (χ1n) is 8.46. The summed E-state index contributed by atoms with van der Waals surface area (Å²) in [7, 11) is 0. The zero-order valence-electron chi connectivity index (χ0n) is 14.6. The van der Waals surface area contributed by atoms with E-state index >= 15 is 0 Å². The number of benzene rings is 2. The fourth-order valence-electron chi connectivity index (χ4n) is 2.76. The molecule has 0 aliphatic carbocycles. The van der Waals surface area contributed by atoms with Crippen LogP contribution < -0.4 is 5.32 Å². The third kappa shape index (κ3) is 3.69. The van der Waals surface area contributed by atoms with Gasteiger partial charge in [-0.05, 0) is 42.8 Å². The second kappa shape index (κ2) is 6.99. The molecule has 0 unspecified atom stereocenters. The van der Waals surface area contributed by atoms with Crippen LogP contribution in [0.4, 0.5) is 10.1 Å². The summed E-state index contributed by atoms with van der Waals surface area (Å²) in [5.74, 6) is -0.0603. The van der Waals surface area contributed by atoms with E-state index in [2.05, 4.69) is 15.3 Å². The number of nitrogens with one attached hydrogen (secondary N) is 1. The molecule has 1 N–H and O–H groups in total. The number of pyridine rings is 1. The minimum atomic E-state index is -0.329. The molecular weight excluding hydrogens is 345 g/mol. The summed E-state index contributed by atoms with van der Waals surface area (Å²) in [5, 5.41) is 2.84. The summed E-state index contributed by atoms with van der Waals surface area (Å²) >= 11 is 0. The Bertz CT molecular complexity index is 1110. The highest BCUT2D eigenvalue weighted by Gasteiger charge is 2.13. The zero-order valence-corrected chi connectivity index (χ0v) is 14.6. The van der Waals surface area contributed by atoms with Crippen molar-refractivity contribution in [2.45, 2.75) is 13.3 Å². The Labute approximate surface area is 154 Å². The summed E-state index contributed by atoms with van der Waals surface area (Å²) < 4.78 is 18.7. The quantitative estimate of drug-likeness (QED) is 0.580. The maximum Gasteiger partial charge on any atom is 0.247 e. The van der Waals surface area contributed by atoms with Gasteiger partial charge in [-0.15, -0.1) is 0 Å². The zero-order chi connectivity index (χ0) is 18.8. The van der Waals surface area contributed by atoms with Crippen LogP contribution in [0.2, 0.25) is 0 Å². The second-order valence-electron chi connectivity index (χ2n) is 6.18. The molecule has 0 radical (unpaired) electrons. The van der Waals surface area contributed by atoms with Crippen LogP contribution >= 0.6 is 0 Å². The lowest BCUT2D eigenvalue weighted by atomic mass is 10.1. The normalized spacial score (nSPS) is 10.9. The second-order valence-corrected chi connectivity index (χ2v) is 6.18. The molecule has 0 spiro atoms. The van der Waals surface area contributed by atoms with Gasteiger partial charge in [0, 0.05) is 5.56 Å². The Morgan fingerprint density at radius 3 is 2.56 bits per heavy atom. The number of rotatable bonds is 4. The maximum absolute atomic E-state index is 13.0. The molecule has 0 bridgehead atoms. The van der Waals surface area contributed by atoms with Gasteiger partial charge >= 0.3 is 0 Å². The minimum absolute atomic E-state index is 0.145. The average Bonchev–Trinajstić information content (AvgIpc) is 3.07. The number of carbonyl (C=O) groups is 1. The molecule has 2 heterocycles. The van der Waals surface area contributed by atoms with Crippen molar-refractivity contribution in [2.75, 3.05) is 5.32 Å². The SMILES string of the molecule is Cc1nc2oc(-c3ccccc3)nc2cc1NC(=O)Cc1ccc(F)cc1. The Morgan fingerprint density at radius 2 is 1.81 bits per heavy atom. The Morgan fingerprint density at radius 1 is 1.07 bits per heavy atom. The number of halogens is 1. The number of carbonyl (C=O) groups excluding carboxylic acids is 1. The molecule has 5 nitrogen and oxygen atoms in total. The number of amides is 1. The number of fused-ring (bicyclic) bond motifs is 1. The average molecular weight is 361 g/mol. The smallest absolute Gasteiger partial charge is 0.247 e. The van der Waals surface area contributed by atoms with E-state index in [4.69, 9.17) is 4.42 Å². The van der Waals surface area contributed by atoms with E-state index in [1.54, 1.807) is 25.1 Å². The minimum Gasteiger partial charge on any atom is -0.418 e. The fraction of sp³-hybridized carbons (Fsp3) is 0.0952. The van der Waals surface area contributed by atoms with Crippen LogP contribution in [0.15, 0.2) is 65.1 Å². The van der Waals surface area contributed by atoms with E-state index < -0.39 is 0 Å². The predicted octanol–water partition coefficient (Wildman–Crippen LogP) is 4.52. The number of hydrogen-bond acceptors (Lipinski definition) is 4. The number of anilines is 1. The molecular formula is C21H16FN3O2. The van der Waals surface area contributed by atoms with Gasteiger partial charge in [-0.3, -0.25) is 4.79 Å². The van der Waals surface area contributed by atoms with Crippen LogP contribution in [0.1, 0.15) is 11.3 Å². The predicted molar refractivity (Wildman–Crippen MR) is 101 cm³/mol. The molecule has 1 amide bonds.